The summed E-state index contributed by atoms with van der Waals surface area (Å²) in [5.41, 5.74) is 8.15. The van der Waals surface area contributed by atoms with Crippen molar-refractivity contribution < 1.29 is 4.39 Å². The zero-order valence-corrected chi connectivity index (χ0v) is 11.8. The molecule has 0 amide bonds. The highest BCUT2D eigenvalue weighted by Crippen LogP contribution is 2.27. The fourth-order valence-electron chi connectivity index (χ4n) is 1.84. The maximum atomic E-state index is 13.4. The molecule has 0 aliphatic heterocycles. The summed E-state index contributed by atoms with van der Waals surface area (Å²) in [6, 6.07) is 10.00. The Hall–Kier alpha value is -1.45. The van der Waals surface area contributed by atoms with Gasteiger partial charge in [-0.1, -0.05) is 29.3 Å². The Balaban J connectivity index is 2.22. The smallest absolute Gasteiger partial charge is 0.142 e. The highest BCUT2D eigenvalue weighted by Gasteiger charge is 2.08. The Morgan fingerprint density at radius 1 is 1.16 bits per heavy atom. The molecular formula is C14H13Cl2FN2. The van der Waals surface area contributed by atoms with E-state index in [1.807, 2.05) is 11.9 Å². The van der Waals surface area contributed by atoms with Crippen LogP contribution in [0.3, 0.4) is 0 Å². The van der Waals surface area contributed by atoms with E-state index in [1.54, 1.807) is 30.3 Å². The molecule has 0 atom stereocenters. The number of rotatable bonds is 3. The molecular weight excluding hydrogens is 286 g/mol. The lowest BCUT2D eigenvalue weighted by Crippen LogP contribution is -2.17. The largest absolute Gasteiger partial charge is 0.397 e. The second kappa shape index (κ2) is 5.68. The van der Waals surface area contributed by atoms with Crippen LogP contribution in [0.5, 0.6) is 0 Å². The molecule has 0 bridgehead atoms. The van der Waals surface area contributed by atoms with Gasteiger partial charge in [0, 0.05) is 18.6 Å². The van der Waals surface area contributed by atoms with Gasteiger partial charge in [-0.25, -0.2) is 4.39 Å². The van der Waals surface area contributed by atoms with Gasteiger partial charge in [0.05, 0.1) is 16.4 Å². The monoisotopic (exact) mass is 298 g/mol. The number of hydrogen-bond donors (Lipinski definition) is 1. The minimum Gasteiger partial charge on any atom is -0.397 e. The van der Waals surface area contributed by atoms with Crippen LogP contribution in [0.1, 0.15) is 5.56 Å². The Bertz CT molecular complexity index is 602. The predicted molar refractivity (Wildman–Crippen MR) is 79.4 cm³/mol. The molecule has 2 nitrogen and oxygen atoms in total. The fraction of sp³-hybridized carbons (Fsp3) is 0.143. The van der Waals surface area contributed by atoms with Crippen molar-refractivity contribution in [1.82, 2.24) is 0 Å². The van der Waals surface area contributed by atoms with Gasteiger partial charge in [0.2, 0.25) is 0 Å². The summed E-state index contributed by atoms with van der Waals surface area (Å²) in [6.07, 6.45) is 0. The van der Waals surface area contributed by atoms with Crippen molar-refractivity contribution in [3.8, 4) is 0 Å². The number of nitrogens with zero attached hydrogens (tertiary/aromatic N) is 1. The van der Waals surface area contributed by atoms with Crippen molar-refractivity contribution in [2.75, 3.05) is 17.7 Å². The normalized spacial score (nSPS) is 10.5. The lowest BCUT2D eigenvalue weighted by molar-refractivity contribution is 0.625. The SMILES string of the molecule is CN(Cc1ccc(Cl)c(F)c1)c1cc(Cl)ccc1N. The molecule has 0 heterocycles. The summed E-state index contributed by atoms with van der Waals surface area (Å²) in [6.45, 7) is 0.513. The van der Waals surface area contributed by atoms with Crippen LogP contribution < -0.4 is 10.6 Å². The molecule has 0 aliphatic carbocycles. The molecule has 0 radical (unpaired) electrons. The zero-order chi connectivity index (χ0) is 14.0. The van der Waals surface area contributed by atoms with Crippen molar-refractivity contribution in [1.29, 1.82) is 0 Å². The predicted octanol–water partition coefficient (Wildman–Crippen LogP) is 4.35. The van der Waals surface area contributed by atoms with E-state index in [2.05, 4.69) is 0 Å². The first kappa shape index (κ1) is 14.0. The fourth-order valence-corrected chi connectivity index (χ4v) is 2.13. The van der Waals surface area contributed by atoms with E-state index in [1.165, 1.54) is 6.07 Å². The summed E-state index contributed by atoms with van der Waals surface area (Å²) in [5, 5.41) is 0.729. The Labute approximate surface area is 121 Å². The molecule has 19 heavy (non-hydrogen) atoms. The maximum Gasteiger partial charge on any atom is 0.142 e. The van der Waals surface area contributed by atoms with Crippen LogP contribution >= 0.6 is 23.2 Å². The van der Waals surface area contributed by atoms with Gasteiger partial charge in [0.1, 0.15) is 5.82 Å². The molecule has 0 spiro atoms. The van der Waals surface area contributed by atoms with E-state index in [4.69, 9.17) is 28.9 Å². The first-order valence-electron chi connectivity index (χ1n) is 5.67. The molecule has 0 unspecified atom stereocenters. The summed E-state index contributed by atoms with van der Waals surface area (Å²) in [4.78, 5) is 1.91. The molecule has 0 fully saturated rings. The van der Waals surface area contributed by atoms with Crippen LogP contribution in [0.15, 0.2) is 36.4 Å². The lowest BCUT2D eigenvalue weighted by Gasteiger charge is -2.21. The Morgan fingerprint density at radius 2 is 1.89 bits per heavy atom. The third-order valence-electron chi connectivity index (χ3n) is 2.81. The summed E-state index contributed by atoms with van der Waals surface area (Å²) in [5.74, 6) is -0.424. The van der Waals surface area contributed by atoms with Gasteiger partial charge in [0.15, 0.2) is 0 Å². The third kappa shape index (κ3) is 3.31. The van der Waals surface area contributed by atoms with Gasteiger partial charge in [-0.2, -0.15) is 0 Å². The average Bonchev–Trinajstić information content (AvgIpc) is 2.36. The van der Waals surface area contributed by atoms with Crippen molar-refractivity contribution in [3.05, 3.63) is 57.8 Å². The van der Waals surface area contributed by atoms with Crippen LogP contribution in [0.25, 0.3) is 0 Å². The molecule has 0 aromatic heterocycles. The van der Waals surface area contributed by atoms with Gasteiger partial charge in [-0.3, -0.25) is 0 Å². The molecule has 2 aromatic rings. The number of nitrogens with two attached hydrogens (primary N) is 1. The molecule has 0 saturated heterocycles. The number of benzene rings is 2. The molecule has 2 rings (SSSR count). The number of halogens is 3. The van der Waals surface area contributed by atoms with Crippen molar-refractivity contribution in [2.24, 2.45) is 0 Å². The maximum absolute atomic E-state index is 13.4. The van der Waals surface area contributed by atoms with E-state index in [-0.39, 0.29) is 5.02 Å². The minimum absolute atomic E-state index is 0.119. The van der Waals surface area contributed by atoms with Crippen LogP contribution in [0.2, 0.25) is 10.0 Å². The van der Waals surface area contributed by atoms with Gasteiger partial charge in [-0.15, -0.1) is 0 Å². The number of anilines is 2. The van der Waals surface area contributed by atoms with Crippen LogP contribution in [-0.4, -0.2) is 7.05 Å². The summed E-state index contributed by atoms with van der Waals surface area (Å²) >= 11 is 11.6. The van der Waals surface area contributed by atoms with E-state index >= 15 is 0 Å². The average molecular weight is 299 g/mol. The minimum atomic E-state index is -0.424. The first-order chi connectivity index (χ1) is 8.97. The van der Waals surface area contributed by atoms with Crippen molar-refractivity contribution in [3.63, 3.8) is 0 Å². The topological polar surface area (TPSA) is 29.3 Å². The number of nitrogen functional groups attached to an aromatic ring is 1. The molecule has 2 N–H and O–H groups in total. The summed E-state index contributed by atoms with van der Waals surface area (Å²) < 4.78 is 13.4. The van der Waals surface area contributed by atoms with Crippen LogP contribution in [0, 0.1) is 5.82 Å². The Kier molecular flexibility index (Phi) is 4.17. The molecule has 100 valence electrons. The van der Waals surface area contributed by atoms with Gasteiger partial charge >= 0.3 is 0 Å². The Morgan fingerprint density at radius 3 is 2.58 bits per heavy atom. The van der Waals surface area contributed by atoms with Crippen LogP contribution in [0.4, 0.5) is 15.8 Å². The van der Waals surface area contributed by atoms with Crippen molar-refractivity contribution in [2.45, 2.75) is 6.54 Å². The highest BCUT2D eigenvalue weighted by molar-refractivity contribution is 6.31. The van der Waals surface area contributed by atoms with E-state index in [9.17, 15) is 4.39 Å². The second-order valence-corrected chi connectivity index (χ2v) is 5.15. The second-order valence-electron chi connectivity index (χ2n) is 4.31. The lowest BCUT2D eigenvalue weighted by atomic mass is 10.2. The van der Waals surface area contributed by atoms with Gasteiger partial charge in [0.25, 0.3) is 0 Å². The third-order valence-corrected chi connectivity index (χ3v) is 3.35. The van der Waals surface area contributed by atoms with Gasteiger partial charge < -0.3 is 10.6 Å². The molecule has 5 heteroatoms. The van der Waals surface area contributed by atoms with E-state index in [0.29, 0.717) is 17.3 Å². The van der Waals surface area contributed by atoms with Gasteiger partial charge in [-0.05, 0) is 35.9 Å². The quantitative estimate of drug-likeness (QED) is 0.854. The zero-order valence-electron chi connectivity index (χ0n) is 10.3. The molecule has 2 aromatic carbocycles. The highest BCUT2D eigenvalue weighted by atomic mass is 35.5. The van der Waals surface area contributed by atoms with E-state index < -0.39 is 5.82 Å². The van der Waals surface area contributed by atoms with E-state index in [0.717, 1.165) is 11.3 Å². The number of hydrogen-bond acceptors (Lipinski definition) is 2. The molecule has 0 aliphatic rings. The van der Waals surface area contributed by atoms with Crippen LogP contribution in [-0.2, 0) is 6.54 Å². The first-order valence-corrected chi connectivity index (χ1v) is 6.43. The standard InChI is InChI=1S/C14H13Cl2FN2/c1-19(14-7-10(15)3-5-13(14)18)8-9-2-4-11(16)12(17)6-9/h2-7H,8,18H2,1H3. The summed E-state index contributed by atoms with van der Waals surface area (Å²) in [7, 11) is 1.87. The molecule has 0 saturated carbocycles. The van der Waals surface area contributed by atoms with Crippen molar-refractivity contribution >= 4 is 34.6 Å².